The molecule has 0 radical (unpaired) electrons. The van der Waals surface area contributed by atoms with Gasteiger partial charge in [-0.3, -0.25) is 4.40 Å². The zero-order valence-corrected chi connectivity index (χ0v) is 20.8. The molecule has 1 fully saturated rings. The van der Waals surface area contributed by atoms with E-state index in [4.69, 9.17) is 14.7 Å². The molecule has 3 aromatic heterocycles. The predicted octanol–water partition coefficient (Wildman–Crippen LogP) is 3.55. The molecule has 1 aromatic carbocycles. The van der Waals surface area contributed by atoms with E-state index in [2.05, 4.69) is 14.7 Å². The molecule has 178 valence electrons. The first-order chi connectivity index (χ1) is 16.6. The monoisotopic (exact) mass is 497 g/mol. The van der Waals surface area contributed by atoms with E-state index in [9.17, 15) is 4.55 Å². The predicted molar refractivity (Wildman–Crippen MR) is 136 cm³/mol. The number of rotatable bonds is 7. The van der Waals surface area contributed by atoms with Crippen LogP contribution in [0, 0.1) is 0 Å². The van der Waals surface area contributed by atoms with Crippen LogP contribution in [0.25, 0.3) is 27.6 Å². The van der Waals surface area contributed by atoms with E-state index >= 15 is 0 Å². The van der Waals surface area contributed by atoms with Crippen LogP contribution in [0.3, 0.4) is 0 Å². The molecule has 0 spiro atoms. The summed E-state index contributed by atoms with van der Waals surface area (Å²) in [5, 5.41) is 5.32. The van der Waals surface area contributed by atoms with Crippen molar-refractivity contribution in [3.8, 4) is 28.4 Å². The number of thiazole rings is 1. The van der Waals surface area contributed by atoms with Gasteiger partial charge in [-0.2, -0.15) is 0 Å². The van der Waals surface area contributed by atoms with E-state index in [1.807, 2.05) is 57.6 Å². The van der Waals surface area contributed by atoms with Crippen LogP contribution in [-0.4, -0.2) is 72.9 Å². The number of nitrogens with zero attached hydrogens (tertiary/aromatic N) is 6. The van der Waals surface area contributed by atoms with E-state index in [0.717, 1.165) is 59.3 Å². The van der Waals surface area contributed by atoms with Crippen LogP contribution in [0.4, 0.5) is 5.95 Å². The molecule has 9 nitrogen and oxygen atoms in total. The SMILES string of the molecule is COc1cccc(-c2nc3sccn3c2-c2ccnc(NCCN3CCCCN(C)[S+]3[O-])n2)c1. The summed E-state index contributed by atoms with van der Waals surface area (Å²) < 4.78 is 24.0. The Bertz CT molecular complexity index is 1260. The highest BCUT2D eigenvalue weighted by Gasteiger charge is 2.27. The number of nitrogens with one attached hydrogen (secondary N) is 1. The van der Waals surface area contributed by atoms with Crippen molar-refractivity contribution in [2.75, 3.05) is 45.7 Å². The van der Waals surface area contributed by atoms with Crippen molar-refractivity contribution in [2.45, 2.75) is 12.8 Å². The summed E-state index contributed by atoms with van der Waals surface area (Å²) in [6, 6.07) is 9.78. The van der Waals surface area contributed by atoms with E-state index in [1.54, 1.807) is 24.6 Å². The van der Waals surface area contributed by atoms with Crippen molar-refractivity contribution >= 4 is 33.8 Å². The number of fused-ring (bicyclic) bond motifs is 1. The quantitative estimate of drug-likeness (QED) is 0.388. The molecule has 1 unspecified atom stereocenters. The van der Waals surface area contributed by atoms with E-state index in [1.165, 1.54) is 0 Å². The maximum absolute atomic E-state index is 12.6. The van der Waals surface area contributed by atoms with Crippen LogP contribution in [0.1, 0.15) is 12.8 Å². The van der Waals surface area contributed by atoms with Gasteiger partial charge in [0.25, 0.3) is 0 Å². The summed E-state index contributed by atoms with van der Waals surface area (Å²) in [7, 11) is 3.57. The Labute approximate surface area is 205 Å². The minimum absolute atomic E-state index is 0.535. The third-order valence-electron chi connectivity index (χ3n) is 5.77. The van der Waals surface area contributed by atoms with Gasteiger partial charge < -0.3 is 14.6 Å². The molecule has 1 saturated heterocycles. The summed E-state index contributed by atoms with van der Waals surface area (Å²) in [6.45, 7) is 2.95. The van der Waals surface area contributed by atoms with Gasteiger partial charge in [0.1, 0.15) is 23.0 Å². The zero-order chi connectivity index (χ0) is 23.5. The average Bonchev–Trinajstić information content (AvgIpc) is 3.42. The van der Waals surface area contributed by atoms with Gasteiger partial charge in [-0.15, -0.1) is 19.9 Å². The van der Waals surface area contributed by atoms with Crippen LogP contribution in [-0.2, 0) is 11.5 Å². The lowest BCUT2D eigenvalue weighted by Crippen LogP contribution is -2.42. The van der Waals surface area contributed by atoms with Crippen molar-refractivity contribution in [1.82, 2.24) is 28.0 Å². The normalized spacial score (nSPS) is 17.7. The van der Waals surface area contributed by atoms with E-state index < -0.39 is 11.5 Å². The number of ether oxygens (including phenoxy) is 1. The van der Waals surface area contributed by atoms with Crippen molar-refractivity contribution in [3.05, 3.63) is 48.1 Å². The number of benzene rings is 1. The second-order valence-electron chi connectivity index (χ2n) is 8.01. The second-order valence-corrected chi connectivity index (χ2v) is 10.5. The van der Waals surface area contributed by atoms with Crippen LogP contribution in [0.15, 0.2) is 48.1 Å². The maximum Gasteiger partial charge on any atom is 0.223 e. The molecule has 5 rings (SSSR count). The van der Waals surface area contributed by atoms with Crippen molar-refractivity contribution in [1.29, 1.82) is 0 Å². The third kappa shape index (κ3) is 4.75. The van der Waals surface area contributed by atoms with Crippen LogP contribution >= 0.6 is 11.3 Å². The number of hydrogen-bond donors (Lipinski definition) is 1. The Hall–Kier alpha value is -2.70. The number of anilines is 1. The summed E-state index contributed by atoms with van der Waals surface area (Å²) in [6.07, 6.45) is 5.87. The average molecular weight is 498 g/mol. The molecule has 0 bridgehead atoms. The lowest BCUT2D eigenvalue weighted by Gasteiger charge is -2.25. The van der Waals surface area contributed by atoms with E-state index in [-0.39, 0.29) is 0 Å². The number of aromatic nitrogens is 4. The number of imidazole rings is 1. The number of hydrogen-bond acceptors (Lipinski definition) is 9. The first-order valence-corrected chi connectivity index (χ1v) is 13.1. The summed E-state index contributed by atoms with van der Waals surface area (Å²) in [5.41, 5.74) is 3.49. The first kappa shape index (κ1) is 23.1. The van der Waals surface area contributed by atoms with Crippen molar-refractivity contribution in [3.63, 3.8) is 0 Å². The molecule has 4 heterocycles. The van der Waals surface area contributed by atoms with Gasteiger partial charge in [-0.05, 0) is 31.0 Å². The summed E-state index contributed by atoms with van der Waals surface area (Å²) in [4.78, 5) is 15.0. The fourth-order valence-corrected chi connectivity index (χ4v) is 5.96. The standard InChI is InChI=1S/C23H27N7O2S2/c1-28-11-3-4-12-29(34(28)31)13-10-25-22-24-9-8-19(26-22)21-20(27-23-30(21)14-15-33-23)17-6-5-7-18(16-17)32-2/h5-9,14-16H,3-4,10-13H2,1-2H3,(H,24,25,26). The third-order valence-corrected chi connectivity index (χ3v) is 8.05. The fraction of sp³-hybridized carbons (Fsp3) is 0.348. The van der Waals surface area contributed by atoms with Gasteiger partial charge in [-0.1, -0.05) is 12.1 Å². The van der Waals surface area contributed by atoms with Crippen LogP contribution in [0.5, 0.6) is 5.75 Å². The topological polar surface area (TPSA) is 93.9 Å². The molecule has 1 N–H and O–H groups in total. The van der Waals surface area contributed by atoms with Gasteiger partial charge in [0, 0.05) is 50.0 Å². The lowest BCUT2D eigenvalue weighted by atomic mass is 10.1. The van der Waals surface area contributed by atoms with Gasteiger partial charge in [0.2, 0.25) is 5.95 Å². The molecule has 1 aliphatic heterocycles. The van der Waals surface area contributed by atoms with Gasteiger partial charge >= 0.3 is 0 Å². The first-order valence-electron chi connectivity index (χ1n) is 11.2. The molecule has 0 aliphatic carbocycles. The minimum atomic E-state index is -1.10. The second kappa shape index (κ2) is 10.3. The fourth-order valence-electron chi connectivity index (χ4n) is 4.04. The van der Waals surface area contributed by atoms with Gasteiger partial charge in [0.05, 0.1) is 25.0 Å². The summed E-state index contributed by atoms with van der Waals surface area (Å²) >= 11 is 0.481. The highest BCUT2D eigenvalue weighted by molar-refractivity contribution is 7.86. The zero-order valence-electron chi connectivity index (χ0n) is 19.2. The molecule has 1 atom stereocenters. The molecular weight excluding hydrogens is 470 g/mol. The summed E-state index contributed by atoms with van der Waals surface area (Å²) in [5.74, 6) is 1.31. The van der Waals surface area contributed by atoms with Gasteiger partial charge in [-0.25, -0.2) is 15.0 Å². The van der Waals surface area contributed by atoms with Crippen molar-refractivity contribution < 1.29 is 9.29 Å². The van der Waals surface area contributed by atoms with Crippen molar-refractivity contribution in [2.24, 2.45) is 0 Å². The Morgan fingerprint density at radius 1 is 1.21 bits per heavy atom. The Kier molecular flexibility index (Phi) is 6.97. The Morgan fingerprint density at radius 2 is 2.09 bits per heavy atom. The molecule has 1 aliphatic rings. The molecule has 11 heteroatoms. The van der Waals surface area contributed by atoms with Gasteiger partial charge in [0.15, 0.2) is 4.96 Å². The molecule has 0 saturated carbocycles. The maximum atomic E-state index is 12.6. The Morgan fingerprint density at radius 3 is 2.97 bits per heavy atom. The smallest absolute Gasteiger partial charge is 0.223 e. The highest BCUT2D eigenvalue weighted by Crippen LogP contribution is 2.34. The molecule has 4 aromatic rings. The minimum Gasteiger partial charge on any atom is -0.578 e. The Balaban J connectivity index is 1.39. The largest absolute Gasteiger partial charge is 0.578 e. The van der Waals surface area contributed by atoms with Crippen LogP contribution < -0.4 is 10.1 Å². The molecular formula is C23H27N7O2S2. The number of methoxy groups -OCH3 is 1. The highest BCUT2D eigenvalue weighted by atomic mass is 32.2. The van der Waals surface area contributed by atoms with Crippen LogP contribution in [0.2, 0.25) is 0 Å². The lowest BCUT2D eigenvalue weighted by molar-refractivity contribution is 0.394. The van der Waals surface area contributed by atoms with E-state index in [0.29, 0.717) is 19.0 Å². The molecule has 0 amide bonds. The molecule has 34 heavy (non-hydrogen) atoms.